The number of carbonyl (C=O) groups is 1. The molecule has 0 saturated carbocycles. The van der Waals surface area contributed by atoms with Crippen molar-refractivity contribution >= 4 is 23.0 Å². The van der Waals surface area contributed by atoms with Crippen LogP contribution in [0.4, 0.5) is 0 Å². The topological polar surface area (TPSA) is 17.1 Å². The van der Waals surface area contributed by atoms with E-state index in [1.165, 1.54) is 11.8 Å². The number of allylic oxidation sites excluding steroid dienone is 1. The third-order valence-corrected chi connectivity index (χ3v) is 2.71. The van der Waals surface area contributed by atoms with Gasteiger partial charge in [0.25, 0.3) is 0 Å². The molecule has 2 rings (SSSR count). The summed E-state index contributed by atoms with van der Waals surface area (Å²) in [7, 11) is 0. The van der Waals surface area contributed by atoms with Gasteiger partial charge in [-0.3, -0.25) is 4.79 Å². The Morgan fingerprint density at radius 2 is 2.08 bits per heavy atom. The van der Waals surface area contributed by atoms with Gasteiger partial charge in [-0.15, -0.1) is 0 Å². The smallest absolute Gasteiger partial charge is 0.197 e. The highest BCUT2D eigenvalue weighted by Gasteiger charge is 2.08. The molecule has 1 heterocycles. The summed E-state index contributed by atoms with van der Waals surface area (Å²) in [6, 6.07) is 7.95. The lowest BCUT2D eigenvalue weighted by atomic mass is 10.2. The molecule has 0 bridgehead atoms. The van der Waals surface area contributed by atoms with E-state index in [-0.39, 0.29) is 5.12 Å². The molecule has 0 atom stereocenters. The van der Waals surface area contributed by atoms with E-state index in [0.717, 1.165) is 10.5 Å². The fraction of sp³-hybridized carbons (Fsp3) is 0.100. The van der Waals surface area contributed by atoms with Crippen LogP contribution in [0.2, 0.25) is 0 Å². The highest BCUT2D eigenvalue weighted by Crippen LogP contribution is 2.28. The van der Waals surface area contributed by atoms with E-state index < -0.39 is 0 Å². The third-order valence-electron chi connectivity index (χ3n) is 1.72. The van der Waals surface area contributed by atoms with Crippen LogP contribution in [-0.2, 0) is 4.79 Å². The maximum Gasteiger partial charge on any atom is 0.197 e. The van der Waals surface area contributed by atoms with Crippen molar-refractivity contribution in [3.63, 3.8) is 0 Å². The maximum atomic E-state index is 11.2. The van der Waals surface area contributed by atoms with Crippen LogP contribution in [0.25, 0.3) is 6.08 Å². The van der Waals surface area contributed by atoms with E-state index in [2.05, 4.69) is 0 Å². The molecule has 0 fully saturated rings. The van der Waals surface area contributed by atoms with Crippen molar-refractivity contribution in [3.8, 4) is 0 Å². The molecule has 60 valence electrons. The van der Waals surface area contributed by atoms with Crippen molar-refractivity contribution in [1.82, 2.24) is 0 Å². The molecule has 0 saturated heterocycles. The highest BCUT2D eigenvalue weighted by atomic mass is 32.2. The summed E-state index contributed by atoms with van der Waals surface area (Å²) in [6.07, 6.45) is 4.47. The lowest BCUT2D eigenvalue weighted by Gasteiger charge is -1.99. The van der Waals surface area contributed by atoms with Gasteiger partial charge in [0.05, 0.1) is 0 Å². The molecule has 0 radical (unpaired) electrons. The molecular formula is C10H8OS. The third kappa shape index (κ3) is 1.43. The first-order valence-electron chi connectivity index (χ1n) is 3.82. The zero-order valence-electron chi connectivity index (χ0n) is 6.49. The predicted octanol–water partition coefficient (Wildman–Crippen LogP) is 2.72. The van der Waals surface area contributed by atoms with Gasteiger partial charge >= 0.3 is 0 Å². The van der Waals surface area contributed by atoms with Crippen molar-refractivity contribution in [2.45, 2.75) is 11.3 Å². The molecule has 1 aromatic carbocycles. The Morgan fingerprint density at radius 1 is 1.25 bits per heavy atom. The predicted molar refractivity (Wildman–Crippen MR) is 51.0 cm³/mol. The Morgan fingerprint density at radius 3 is 3.00 bits per heavy atom. The molecule has 1 aliphatic heterocycles. The Labute approximate surface area is 75.5 Å². The van der Waals surface area contributed by atoms with E-state index >= 15 is 0 Å². The first kappa shape index (κ1) is 7.62. The molecular weight excluding hydrogens is 168 g/mol. The van der Waals surface area contributed by atoms with E-state index in [9.17, 15) is 4.79 Å². The summed E-state index contributed by atoms with van der Waals surface area (Å²) < 4.78 is 0. The van der Waals surface area contributed by atoms with Gasteiger partial charge < -0.3 is 0 Å². The Balaban J connectivity index is 2.48. The van der Waals surface area contributed by atoms with Crippen molar-refractivity contribution in [2.75, 3.05) is 0 Å². The fourth-order valence-corrected chi connectivity index (χ4v) is 1.98. The molecule has 0 aromatic heterocycles. The van der Waals surface area contributed by atoms with E-state index in [1.807, 2.05) is 36.4 Å². The number of fused-ring (bicyclic) bond motifs is 1. The molecule has 1 nitrogen and oxygen atoms in total. The van der Waals surface area contributed by atoms with Crippen molar-refractivity contribution in [1.29, 1.82) is 0 Å². The van der Waals surface area contributed by atoms with Crippen LogP contribution >= 0.6 is 11.8 Å². The zero-order chi connectivity index (χ0) is 8.39. The van der Waals surface area contributed by atoms with Gasteiger partial charge in [-0.25, -0.2) is 0 Å². The number of hydrogen-bond acceptors (Lipinski definition) is 2. The second-order valence-corrected chi connectivity index (χ2v) is 3.72. The quantitative estimate of drug-likeness (QED) is 0.604. The number of benzene rings is 1. The van der Waals surface area contributed by atoms with Crippen LogP contribution in [-0.4, -0.2) is 5.12 Å². The largest absolute Gasteiger partial charge is 0.286 e. The fourth-order valence-electron chi connectivity index (χ4n) is 1.16. The minimum Gasteiger partial charge on any atom is -0.286 e. The van der Waals surface area contributed by atoms with E-state index in [0.29, 0.717) is 6.42 Å². The Hall–Kier alpha value is -1.02. The highest BCUT2D eigenvalue weighted by molar-refractivity contribution is 8.13. The second-order valence-electron chi connectivity index (χ2n) is 2.62. The van der Waals surface area contributed by atoms with Crippen LogP contribution in [0.15, 0.2) is 35.2 Å². The standard InChI is InChI=1S/C10H8OS/c11-10-7-3-5-8-4-1-2-6-9(8)12-10/h1-6H,7H2. The molecule has 0 N–H and O–H groups in total. The van der Waals surface area contributed by atoms with Crippen LogP contribution in [0, 0.1) is 0 Å². The Bertz CT molecular complexity index is 341. The monoisotopic (exact) mass is 176 g/mol. The number of rotatable bonds is 0. The van der Waals surface area contributed by atoms with Crippen LogP contribution in [0.1, 0.15) is 12.0 Å². The average Bonchev–Trinajstić information content (AvgIpc) is 2.25. The number of thioether (sulfide) groups is 1. The average molecular weight is 176 g/mol. The lowest BCUT2D eigenvalue weighted by Crippen LogP contribution is -1.85. The molecule has 0 amide bonds. The molecule has 2 heteroatoms. The lowest BCUT2D eigenvalue weighted by molar-refractivity contribution is -0.110. The summed E-state index contributed by atoms with van der Waals surface area (Å²) in [5.74, 6) is 0. The molecule has 1 aliphatic rings. The van der Waals surface area contributed by atoms with Gasteiger partial charge in [0.15, 0.2) is 5.12 Å². The Kier molecular flexibility index (Phi) is 2.00. The van der Waals surface area contributed by atoms with Gasteiger partial charge in [-0.05, 0) is 11.6 Å². The van der Waals surface area contributed by atoms with Gasteiger partial charge in [0.1, 0.15) is 0 Å². The normalized spacial score (nSPS) is 15.5. The number of carbonyl (C=O) groups excluding carboxylic acids is 1. The molecule has 12 heavy (non-hydrogen) atoms. The van der Waals surface area contributed by atoms with Crippen LogP contribution in [0.5, 0.6) is 0 Å². The van der Waals surface area contributed by atoms with Crippen molar-refractivity contribution in [2.24, 2.45) is 0 Å². The molecule has 0 unspecified atom stereocenters. The minimum atomic E-state index is 0.219. The van der Waals surface area contributed by atoms with Gasteiger partial charge in [0.2, 0.25) is 0 Å². The summed E-state index contributed by atoms with van der Waals surface area (Å²) in [4.78, 5) is 12.2. The van der Waals surface area contributed by atoms with Crippen LogP contribution in [0.3, 0.4) is 0 Å². The summed E-state index contributed by atoms with van der Waals surface area (Å²) >= 11 is 1.33. The van der Waals surface area contributed by atoms with E-state index in [1.54, 1.807) is 0 Å². The first-order chi connectivity index (χ1) is 5.86. The second kappa shape index (κ2) is 3.15. The van der Waals surface area contributed by atoms with Crippen molar-refractivity contribution in [3.05, 3.63) is 35.9 Å². The minimum absolute atomic E-state index is 0.219. The number of hydrogen-bond donors (Lipinski definition) is 0. The van der Waals surface area contributed by atoms with E-state index in [4.69, 9.17) is 0 Å². The molecule has 1 aromatic rings. The zero-order valence-corrected chi connectivity index (χ0v) is 7.30. The summed E-state index contributed by atoms with van der Waals surface area (Å²) in [6.45, 7) is 0. The van der Waals surface area contributed by atoms with Crippen LogP contribution < -0.4 is 0 Å². The van der Waals surface area contributed by atoms with Gasteiger partial charge in [-0.1, -0.05) is 42.1 Å². The van der Waals surface area contributed by atoms with Gasteiger partial charge in [-0.2, -0.15) is 0 Å². The maximum absolute atomic E-state index is 11.2. The molecule has 0 aliphatic carbocycles. The first-order valence-corrected chi connectivity index (χ1v) is 4.64. The van der Waals surface area contributed by atoms with Crippen molar-refractivity contribution < 1.29 is 4.79 Å². The summed E-state index contributed by atoms with van der Waals surface area (Å²) in [5, 5.41) is 0.219. The summed E-state index contributed by atoms with van der Waals surface area (Å²) in [5.41, 5.74) is 1.15. The SMILES string of the molecule is O=C1CC=Cc2ccccc2S1. The van der Waals surface area contributed by atoms with Gasteiger partial charge in [0, 0.05) is 11.3 Å². The molecule has 0 spiro atoms.